The number of amides is 1. The van der Waals surface area contributed by atoms with Crippen LogP contribution in [0.4, 0.5) is 5.69 Å². The van der Waals surface area contributed by atoms with Gasteiger partial charge in [-0.15, -0.1) is 0 Å². The van der Waals surface area contributed by atoms with Gasteiger partial charge in [0.25, 0.3) is 5.91 Å². The lowest BCUT2D eigenvalue weighted by atomic mass is 10.1. The first kappa shape index (κ1) is 17.5. The molecule has 0 saturated carbocycles. The summed E-state index contributed by atoms with van der Waals surface area (Å²) < 4.78 is 15.7. The molecule has 0 aliphatic carbocycles. The molecule has 1 aromatic heterocycles. The van der Waals surface area contributed by atoms with E-state index in [1.165, 1.54) is 6.26 Å². The van der Waals surface area contributed by atoms with E-state index in [-0.39, 0.29) is 5.91 Å². The Morgan fingerprint density at radius 2 is 1.81 bits per heavy atom. The first-order valence-electron chi connectivity index (χ1n) is 8.15. The van der Waals surface area contributed by atoms with Gasteiger partial charge < -0.3 is 18.8 Å². The van der Waals surface area contributed by atoms with Gasteiger partial charge in [-0.05, 0) is 25.1 Å². The number of anilines is 1. The number of carbonyl (C=O) groups is 1. The standard InChI is InChI=1S/C20H19NO5/c1-4-21(17-11-13(24-2)9-10-18(17)25-3)19(22)16-12-26-20(23)15-8-6-5-7-14(15)16/h5-12H,4H2,1-3H3. The molecule has 3 aromatic rings. The molecule has 0 N–H and O–H groups in total. The van der Waals surface area contributed by atoms with Gasteiger partial charge in [-0.1, -0.05) is 18.2 Å². The van der Waals surface area contributed by atoms with Crippen molar-refractivity contribution in [1.82, 2.24) is 0 Å². The Hall–Kier alpha value is -3.28. The van der Waals surface area contributed by atoms with Crippen molar-refractivity contribution in [2.24, 2.45) is 0 Å². The monoisotopic (exact) mass is 353 g/mol. The second kappa shape index (κ2) is 7.31. The molecular formula is C20H19NO5. The number of ether oxygens (including phenoxy) is 2. The van der Waals surface area contributed by atoms with Gasteiger partial charge in [-0.3, -0.25) is 4.79 Å². The minimum absolute atomic E-state index is 0.293. The average Bonchev–Trinajstić information content (AvgIpc) is 2.68. The van der Waals surface area contributed by atoms with Crippen LogP contribution in [0, 0.1) is 0 Å². The third-order valence-corrected chi connectivity index (χ3v) is 4.19. The summed E-state index contributed by atoms with van der Waals surface area (Å²) in [6, 6.07) is 12.1. The van der Waals surface area contributed by atoms with Crippen molar-refractivity contribution in [3.8, 4) is 11.5 Å². The molecule has 0 aliphatic rings. The molecule has 0 fully saturated rings. The number of hydrogen-bond donors (Lipinski definition) is 0. The summed E-state index contributed by atoms with van der Waals surface area (Å²) in [5.74, 6) is 0.859. The molecule has 3 rings (SSSR count). The van der Waals surface area contributed by atoms with Crippen LogP contribution in [0.15, 0.2) is 57.9 Å². The molecule has 2 aromatic carbocycles. The van der Waals surface area contributed by atoms with E-state index >= 15 is 0 Å². The molecule has 6 nitrogen and oxygen atoms in total. The summed E-state index contributed by atoms with van der Waals surface area (Å²) >= 11 is 0. The maximum atomic E-state index is 13.2. The largest absolute Gasteiger partial charge is 0.497 e. The number of benzene rings is 2. The maximum Gasteiger partial charge on any atom is 0.343 e. The van der Waals surface area contributed by atoms with Crippen LogP contribution < -0.4 is 20.0 Å². The van der Waals surface area contributed by atoms with Crippen molar-refractivity contribution in [1.29, 1.82) is 0 Å². The van der Waals surface area contributed by atoms with Gasteiger partial charge in [0.05, 0.1) is 30.9 Å². The zero-order chi connectivity index (χ0) is 18.7. The predicted molar refractivity (Wildman–Crippen MR) is 99.4 cm³/mol. The zero-order valence-corrected chi connectivity index (χ0v) is 14.8. The summed E-state index contributed by atoms with van der Waals surface area (Å²) in [5, 5.41) is 0.918. The van der Waals surface area contributed by atoms with Crippen LogP contribution >= 0.6 is 0 Å². The van der Waals surface area contributed by atoms with Crippen LogP contribution in [-0.2, 0) is 0 Å². The third kappa shape index (κ3) is 3.01. The summed E-state index contributed by atoms with van der Waals surface area (Å²) in [4.78, 5) is 26.7. The first-order valence-corrected chi connectivity index (χ1v) is 8.15. The van der Waals surface area contributed by atoms with E-state index in [1.54, 1.807) is 61.6 Å². The Balaban J connectivity index is 2.15. The van der Waals surface area contributed by atoms with Crippen molar-refractivity contribution >= 4 is 22.4 Å². The molecule has 0 spiro atoms. The van der Waals surface area contributed by atoms with Crippen LogP contribution in [0.5, 0.6) is 11.5 Å². The number of carbonyl (C=O) groups excluding carboxylic acids is 1. The molecule has 26 heavy (non-hydrogen) atoms. The van der Waals surface area contributed by atoms with E-state index in [0.29, 0.717) is 40.1 Å². The van der Waals surface area contributed by atoms with Crippen molar-refractivity contribution in [3.05, 3.63) is 64.7 Å². The zero-order valence-electron chi connectivity index (χ0n) is 14.8. The van der Waals surface area contributed by atoms with Gasteiger partial charge in [-0.2, -0.15) is 0 Å². The Morgan fingerprint density at radius 1 is 1.08 bits per heavy atom. The van der Waals surface area contributed by atoms with E-state index < -0.39 is 5.63 Å². The fraction of sp³-hybridized carbons (Fsp3) is 0.200. The highest BCUT2D eigenvalue weighted by Crippen LogP contribution is 2.33. The molecule has 134 valence electrons. The summed E-state index contributed by atoms with van der Waals surface area (Å²) in [6.45, 7) is 2.26. The second-order valence-corrected chi connectivity index (χ2v) is 5.57. The number of methoxy groups -OCH3 is 2. The average molecular weight is 353 g/mol. The normalized spacial score (nSPS) is 10.6. The van der Waals surface area contributed by atoms with E-state index in [4.69, 9.17) is 13.9 Å². The highest BCUT2D eigenvalue weighted by atomic mass is 16.5. The fourth-order valence-corrected chi connectivity index (χ4v) is 2.88. The Kier molecular flexibility index (Phi) is 4.93. The molecule has 1 amide bonds. The van der Waals surface area contributed by atoms with Crippen molar-refractivity contribution in [2.45, 2.75) is 6.92 Å². The molecular weight excluding hydrogens is 334 g/mol. The highest BCUT2D eigenvalue weighted by Gasteiger charge is 2.23. The summed E-state index contributed by atoms with van der Waals surface area (Å²) in [7, 11) is 3.10. The van der Waals surface area contributed by atoms with Gasteiger partial charge in [0, 0.05) is 18.0 Å². The van der Waals surface area contributed by atoms with Gasteiger partial charge in [0.15, 0.2) is 0 Å². The fourth-order valence-electron chi connectivity index (χ4n) is 2.88. The predicted octanol–water partition coefficient (Wildman–Crippen LogP) is 3.48. The van der Waals surface area contributed by atoms with Crippen LogP contribution in [0.2, 0.25) is 0 Å². The van der Waals surface area contributed by atoms with E-state index in [1.807, 2.05) is 6.92 Å². The topological polar surface area (TPSA) is 69.0 Å². The van der Waals surface area contributed by atoms with Gasteiger partial charge in [-0.25, -0.2) is 4.79 Å². The number of hydrogen-bond acceptors (Lipinski definition) is 5. The molecule has 0 atom stereocenters. The van der Waals surface area contributed by atoms with Crippen LogP contribution in [0.1, 0.15) is 17.3 Å². The molecule has 6 heteroatoms. The number of rotatable bonds is 5. The van der Waals surface area contributed by atoms with Gasteiger partial charge in [0.2, 0.25) is 0 Å². The lowest BCUT2D eigenvalue weighted by Crippen LogP contribution is -2.31. The first-order chi connectivity index (χ1) is 12.6. The molecule has 0 unspecified atom stereocenters. The third-order valence-electron chi connectivity index (χ3n) is 4.19. The maximum absolute atomic E-state index is 13.2. The minimum Gasteiger partial charge on any atom is -0.497 e. The van der Waals surface area contributed by atoms with Gasteiger partial charge in [0.1, 0.15) is 17.8 Å². The van der Waals surface area contributed by atoms with Crippen LogP contribution in [0.3, 0.4) is 0 Å². The van der Waals surface area contributed by atoms with Crippen molar-refractivity contribution in [2.75, 3.05) is 25.7 Å². The quantitative estimate of drug-likeness (QED) is 0.702. The van der Waals surface area contributed by atoms with E-state index in [0.717, 1.165) is 0 Å². The Bertz CT molecular complexity index is 1010. The molecule has 0 aliphatic heterocycles. The SMILES string of the molecule is CCN(C(=O)c1coc(=O)c2ccccc12)c1cc(OC)ccc1OC. The number of fused-ring (bicyclic) bond motifs is 1. The highest BCUT2D eigenvalue weighted by molar-refractivity contribution is 6.14. The second-order valence-electron chi connectivity index (χ2n) is 5.57. The minimum atomic E-state index is -0.473. The summed E-state index contributed by atoms with van der Waals surface area (Å²) in [6.07, 6.45) is 1.21. The smallest absolute Gasteiger partial charge is 0.343 e. The molecule has 0 bridgehead atoms. The van der Waals surface area contributed by atoms with E-state index in [2.05, 4.69) is 0 Å². The van der Waals surface area contributed by atoms with Crippen molar-refractivity contribution < 1.29 is 18.7 Å². The molecule has 0 radical (unpaired) electrons. The number of nitrogens with zero attached hydrogens (tertiary/aromatic N) is 1. The Labute approximate surface area is 150 Å². The van der Waals surface area contributed by atoms with Crippen molar-refractivity contribution in [3.63, 3.8) is 0 Å². The summed E-state index contributed by atoms with van der Waals surface area (Å²) in [5.41, 5.74) is 0.417. The lowest BCUT2D eigenvalue weighted by molar-refractivity contribution is 0.0987. The van der Waals surface area contributed by atoms with Crippen LogP contribution in [-0.4, -0.2) is 26.7 Å². The molecule has 0 saturated heterocycles. The Morgan fingerprint density at radius 3 is 2.46 bits per heavy atom. The van der Waals surface area contributed by atoms with Crippen LogP contribution in [0.25, 0.3) is 10.8 Å². The van der Waals surface area contributed by atoms with Gasteiger partial charge >= 0.3 is 5.63 Å². The van der Waals surface area contributed by atoms with E-state index in [9.17, 15) is 9.59 Å². The lowest BCUT2D eigenvalue weighted by Gasteiger charge is -2.24. The molecule has 1 heterocycles.